The van der Waals surface area contributed by atoms with Crippen LogP contribution in [0.5, 0.6) is 0 Å². The molecule has 1 fully saturated rings. The van der Waals surface area contributed by atoms with E-state index in [0.717, 1.165) is 12.0 Å². The smallest absolute Gasteiger partial charge is 0.334 e. The molecule has 13 heavy (non-hydrogen) atoms. The van der Waals surface area contributed by atoms with E-state index in [4.69, 9.17) is 4.74 Å². The second kappa shape index (κ2) is 4.65. The van der Waals surface area contributed by atoms with Crippen molar-refractivity contribution in [3.63, 3.8) is 0 Å². The number of hydrogen-bond acceptors (Lipinski definition) is 2. The van der Waals surface area contributed by atoms with Crippen molar-refractivity contribution in [2.75, 3.05) is 6.61 Å². The lowest BCUT2D eigenvalue weighted by molar-refractivity contribution is -0.135. The molecule has 0 aromatic heterocycles. The molecule has 0 radical (unpaired) electrons. The van der Waals surface area contributed by atoms with Gasteiger partial charge in [0.25, 0.3) is 0 Å². The van der Waals surface area contributed by atoms with Crippen molar-refractivity contribution < 1.29 is 9.53 Å². The van der Waals surface area contributed by atoms with Crippen molar-refractivity contribution in [2.45, 2.75) is 20.3 Å². The van der Waals surface area contributed by atoms with Crippen LogP contribution >= 0.6 is 0 Å². The van der Waals surface area contributed by atoms with Crippen LogP contribution in [0.25, 0.3) is 0 Å². The van der Waals surface area contributed by atoms with Crippen LogP contribution in [0.4, 0.5) is 0 Å². The molecule has 1 aliphatic heterocycles. The normalized spacial score (nSPS) is 19.5. The first-order valence-electron chi connectivity index (χ1n) is 4.38. The highest BCUT2D eigenvalue weighted by molar-refractivity contribution is 5.90. The fraction of sp³-hybridized carbons (Fsp3) is 0.364. The van der Waals surface area contributed by atoms with E-state index in [2.05, 4.69) is 0 Å². The molecule has 0 spiro atoms. The maximum absolute atomic E-state index is 11.0. The van der Waals surface area contributed by atoms with Crippen molar-refractivity contribution >= 4 is 5.97 Å². The minimum absolute atomic E-state index is 0.179. The van der Waals surface area contributed by atoms with Gasteiger partial charge in [-0.05, 0) is 13.8 Å². The molecular formula is C11H14O2. The minimum atomic E-state index is -0.179. The van der Waals surface area contributed by atoms with Crippen LogP contribution in [0.2, 0.25) is 0 Å². The molecule has 0 aromatic rings. The third-order valence-corrected chi connectivity index (χ3v) is 1.70. The number of esters is 1. The summed E-state index contributed by atoms with van der Waals surface area (Å²) in [5.74, 6) is -0.179. The SMILES string of the molecule is CC(C)=CC=CC=C1CCOC1=O. The van der Waals surface area contributed by atoms with Crippen LogP contribution in [-0.2, 0) is 9.53 Å². The number of rotatable bonds is 2. The highest BCUT2D eigenvalue weighted by atomic mass is 16.5. The van der Waals surface area contributed by atoms with Gasteiger partial charge in [0.15, 0.2) is 0 Å². The Bertz CT molecular complexity index is 278. The molecule has 0 bridgehead atoms. The standard InChI is InChI=1S/C11H14O2/c1-9(2)5-3-4-6-10-7-8-13-11(10)12/h3-6H,7-8H2,1-2H3. The van der Waals surface area contributed by atoms with Gasteiger partial charge in [0.05, 0.1) is 6.61 Å². The molecule has 0 N–H and O–H groups in total. The largest absolute Gasteiger partial charge is 0.462 e. The molecular weight excluding hydrogens is 164 g/mol. The van der Waals surface area contributed by atoms with E-state index in [1.54, 1.807) is 0 Å². The van der Waals surface area contributed by atoms with E-state index >= 15 is 0 Å². The van der Waals surface area contributed by atoms with Gasteiger partial charge >= 0.3 is 5.97 Å². The Kier molecular flexibility index (Phi) is 3.50. The molecule has 2 heteroatoms. The molecule has 0 aromatic carbocycles. The summed E-state index contributed by atoms with van der Waals surface area (Å²) in [6.07, 6.45) is 8.34. The predicted molar refractivity (Wildman–Crippen MR) is 52.2 cm³/mol. The van der Waals surface area contributed by atoms with Crippen molar-refractivity contribution in [1.82, 2.24) is 0 Å². The van der Waals surface area contributed by atoms with E-state index < -0.39 is 0 Å². The van der Waals surface area contributed by atoms with E-state index in [1.807, 2.05) is 38.2 Å². The summed E-state index contributed by atoms with van der Waals surface area (Å²) in [5.41, 5.74) is 2.00. The van der Waals surface area contributed by atoms with Gasteiger partial charge in [-0.15, -0.1) is 0 Å². The van der Waals surface area contributed by atoms with Crippen LogP contribution in [0.1, 0.15) is 20.3 Å². The van der Waals surface area contributed by atoms with Gasteiger partial charge in [0.1, 0.15) is 0 Å². The van der Waals surface area contributed by atoms with Gasteiger partial charge in [-0.3, -0.25) is 0 Å². The fourth-order valence-corrected chi connectivity index (χ4v) is 1.02. The van der Waals surface area contributed by atoms with E-state index in [0.29, 0.717) is 6.61 Å². The zero-order valence-corrected chi connectivity index (χ0v) is 8.04. The van der Waals surface area contributed by atoms with Gasteiger partial charge < -0.3 is 4.74 Å². The van der Waals surface area contributed by atoms with Gasteiger partial charge in [-0.1, -0.05) is 29.9 Å². The zero-order chi connectivity index (χ0) is 9.68. The summed E-state index contributed by atoms with van der Waals surface area (Å²) in [6, 6.07) is 0. The van der Waals surface area contributed by atoms with Crippen LogP contribution in [0, 0.1) is 0 Å². The van der Waals surface area contributed by atoms with Gasteiger partial charge in [0, 0.05) is 12.0 Å². The molecule has 1 heterocycles. The fourth-order valence-electron chi connectivity index (χ4n) is 1.02. The van der Waals surface area contributed by atoms with E-state index in [1.165, 1.54) is 5.57 Å². The lowest BCUT2D eigenvalue weighted by atomic mass is 10.2. The first kappa shape index (κ1) is 9.78. The molecule has 2 nitrogen and oxygen atoms in total. The summed E-state index contributed by atoms with van der Waals surface area (Å²) in [4.78, 5) is 11.0. The molecule has 0 saturated carbocycles. The second-order valence-electron chi connectivity index (χ2n) is 3.21. The minimum Gasteiger partial charge on any atom is -0.462 e. The lowest BCUT2D eigenvalue weighted by Gasteiger charge is -1.86. The third-order valence-electron chi connectivity index (χ3n) is 1.70. The molecule has 1 rings (SSSR count). The number of hydrogen-bond donors (Lipinski definition) is 0. The number of allylic oxidation sites excluding steroid dienone is 5. The number of cyclic esters (lactones) is 1. The Balaban J connectivity index is 2.52. The van der Waals surface area contributed by atoms with Crippen LogP contribution < -0.4 is 0 Å². The highest BCUT2D eigenvalue weighted by Gasteiger charge is 2.16. The summed E-state index contributed by atoms with van der Waals surface area (Å²) in [6.45, 7) is 4.59. The van der Waals surface area contributed by atoms with Gasteiger partial charge in [0.2, 0.25) is 0 Å². The number of carbonyl (C=O) groups excluding carboxylic acids is 1. The van der Waals surface area contributed by atoms with Gasteiger partial charge in [-0.25, -0.2) is 4.79 Å². The number of carbonyl (C=O) groups is 1. The third kappa shape index (κ3) is 3.28. The molecule has 0 unspecified atom stereocenters. The van der Waals surface area contributed by atoms with Crippen LogP contribution in [0.3, 0.4) is 0 Å². The lowest BCUT2D eigenvalue weighted by Crippen LogP contribution is -1.93. The molecule has 0 amide bonds. The summed E-state index contributed by atoms with van der Waals surface area (Å²) in [5, 5.41) is 0. The van der Waals surface area contributed by atoms with Gasteiger partial charge in [-0.2, -0.15) is 0 Å². The number of ether oxygens (including phenoxy) is 1. The summed E-state index contributed by atoms with van der Waals surface area (Å²) in [7, 11) is 0. The Morgan fingerprint density at radius 1 is 1.38 bits per heavy atom. The monoisotopic (exact) mass is 178 g/mol. The Labute approximate surface area is 78.6 Å². The predicted octanol–water partition coefficient (Wildman–Crippen LogP) is 2.38. The maximum atomic E-state index is 11.0. The Morgan fingerprint density at radius 2 is 2.15 bits per heavy atom. The first-order valence-corrected chi connectivity index (χ1v) is 4.38. The van der Waals surface area contributed by atoms with Crippen molar-refractivity contribution in [3.8, 4) is 0 Å². The zero-order valence-electron chi connectivity index (χ0n) is 8.04. The average molecular weight is 178 g/mol. The van der Waals surface area contributed by atoms with Crippen molar-refractivity contribution in [1.29, 1.82) is 0 Å². The maximum Gasteiger partial charge on any atom is 0.334 e. The molecule has 0 aliphatic carbocycles. The van der Waals surface area contributed by atoms with E-state index in [-0.39, 0.29) is 5.97 Å². The molecule has 1 aliphatic rings. The second-order valence-corrected chi connectivity index (χ2v) is 3.21. The summed E-state index contributed by atoms with van der Waals surface area (Å²) >= 11 is 0. The first-order chi connectivity index (χ1) is 6.20. The highest BCUT2D eigenvalue weighted by Crippen LogP contribution is 2.12. The summed E-state index contributed by atoms with van der Waals surface area (Å²) < 4.78 is 4.79. The molecule has 0 atom stereocenters. The molecule has 70 valence electrons. The molecule has 1 saturated heterocycles. The topological polar surface area (TPSA) is 26.3 Å². The Morgan fingerprint density at radius 3 is 2.69 bits per heavy atom. The van der Waals surface area contributed by atoms with Crippen LogP contribution in [0.15, 0.2) is 35.5 Å². The average Bonchev–Trinajstić information content (AvgIpc) is 2.45. The van der Waals surface area contributed by atoms with Crippen molar-refractivity contribution in [2.24, 2.45) is 0 Å². The van der Waals surface area contributed by atoms with Crippen molar-refractivity contribution in [3.05, 3.63) is 35.5 Å². The van der Waals surface area contributed by atoms with E-state index in [9.17, 15) is 4.79 Å². The quantitative estimate of drug-likeness (QED) is 0.368. The Hall–Kier alpha value is -1.31. The van der Waals surface area contributed by atoms with Crippen LogP contribution in [-0.4, -0.2) is 12.6 Å².